The number of hydrogen-bond donors (Lipinski definition) is 1. The summed E-state index contributed by atoms with van der Waals surface area (Å²) in [6.45, 7) is 8.45. The van der Waals surface area contributed by atoms with Crippen molar-refractivity contribution in [3.05, 3.63) is 135 Å². The van der Waals surface area contributed by atoms with Crippen LogP contribution >= 0.6 is 0 Å². The van der Waals surface area contributed by atoms with Crippen molar-refractivity contribution in [1.29, 1.82) is 0 Å². The molecule has 0 atom stereocenters. The second-order valence-corrected chi connectivity index (χ2v) is 19.9. The summed E-state index contributed by atoms with van der Waals surface area (Å²) in [5.74, 6) is 25.7. The minimum Gasteiger partial charge on any atom is -0.656 e. The predicted molar refractivity (Wildman–Crippen MR) is 311 cm³/mol. The zero-order chi connectivity index (χ0) is 52.2. The third-order valence-corrected chi connectivity index (χ3v) is 14.6. The number of nitrogens with zero attached hydrogens (tertiary/aromatic N) is 5. The quantitative estimate of drug-likeness (QED) is 0.0659. The first kappa shape index (κ1) is 56.5. The molecule has 0 amide bonds. The molecule has 2 saturated carbocycles. The van der Waals surface area contributed by atoms with Gasteiger partial charge in [0.25, 0.3) is 0 Å². The second kappa shape index (κ2) is 29.1. The van der Waals surface area contributed by atoms with Crippen molar-refractivity contribution >= 4 is 58.0 Å². The zero-order valence-electron chi connectivity index (χ0n) is 44.9. The molecule has 8 heteroatoms. The predicted octanol–water partition coefficient (Wildman–Crippen LogP) is 15.1. The van der Waals surface area contributed by atoms with E-state index in [1.165, 1.54) is 107 Å². The molecule has 380 valence electrons. The first-order chi connectivity index (χ1) is 36.9. The number of carboxylic acids is 1. The molecular weight excluding hydrogens is 984 g/mol. The molecule has 4 aliphatic rings. The summed E-state index contributed by atoms with van der Waals surface area (Å²) in [5.41, 5.74) is 14.0. The van der Waals surface area contributed by atoms with Crippen molar-refractivity contribution in [2.75, 3.05) is 18.0 Å². The Bertz CT molecular complexity index is 3320. The van der Waals surface area contributed by atoms with Crippen LogP contribution in [0.4, 0.5) is 5.69 Å². The van der Waals surface area contributed by atoms with Gasteiger partial charge in [0.05, 0.1) is 28.3 Å². The van der Waals surface area contributed by atoms with Crippen molar-refractivity contribution < 1.29 is 29.4 Å². The van der Waals surface area contributed by atoms with Gasteiger partial charge in [0.15, 0.2) is 0 Å². The molecule has 0 saturated heterocycles. The smallest absolute Gasteiger partial charge is 0.656 e. The normalized spacial score (nSPS) is 13.6. The summed E-state index contributed by atoms with van der Waals surface area (Å²) >= 11 is 0. The van der Waals surface area contributed by atoms with E-state index in [0.717, 1.165) is 106 Å². The maximum Gasteiger partial charge on any atom is 2.00 e. The van der Waals surface area contributed by atoms with Crippen LogP contribution in [0.3, 0.4) is 0 Å². The molecular formula is C68H69N5O2Zn. The number of hydrogen-bond acceptors (Lipinski definition) is 4. The number of carbonyl (C=O) groups is 1. The number of rotatable bonds is 14. The van der Waals surface area contributed by atoms with Crippen LogP contribution < -0.4 is 14.9 Å². The van der Waals surface area contributed by atoms with E-state index in [-0.39, 0.29) is 25.0 Å². The monoisotopic (exact) mass is 1050 g/mol. The van der Waals surface area contributed by atoms with Gasteiger partial charge >= 0.3 is 25.4 Å². The Kier molecular flexibility index (Phi) is 21.7. The molecule has 0 unspecified atom stereocenters. The summed E-state index contributed by atoms with van der Waals surface area (Å²) < 4.78 is 0. The fourth-order valence-electron chi connectivity index (χ4n) is 10.7. The van der Waals surface area contributed by atoms with Gasteiger partial charge in [-0.15, -0.1) is 28.5 Å². The molecule has 3 aromatic heterocycles. The van der Waals surface area contributed by atoms with Gasteiger partial charge in [0.1, 0.15) is 0 Å². The van der Waals surface area contributed by atoms with E-state index in [9.17, 15) is 9.90 Å². The average Bonchev–Trinajstić information content (AvgIpc) is 4.33. The Labute approximate surface area is 465 Å². The maximum absolute atomic E-state index is 11.6. The molecule has 2 fully saturated rings. The summed E-state index contributed by atoms with van der Waals surface area (Å²) in [4.78, 5) is 35.9. The first-order valence-electron chi connectivity index (χ1n) is 27.5. The number of unbranched alkanes of at least 4 members (excludes halogenated alkanes) is 6. The SMILES string of the molecule is C#CC#CC#CC.CCCCCCN(CCCCCC)c1ccc(C#Cc2c3nc(c(C4CCCCC4)c4ccc([n-]4)c(C#Cc4ccc(C(=O)O)cc4)c4nc(c(C5CCCCC5)c5ccc2[n-]5)C=C4)C=C3)cc1.[Zn+2]. The van der Waals surface area contributed by atoms with Gasteiger partial charge in [0, 0.05) is 41.0 Å². The van der Waals surface area contributed by atoms with E-state index >= 15 is 0 Å². The molecule has 0 radical (unpaired) electrons. The number of benzene rings is 2. The summed E-state index contributed by atoms with van der Waals surface area (Å²) in [7, 11) is 0. The number of aromatic carboxylic acids is 1. The minimum atomic E-state index is -0.961. The van der Waals surface area contributed by atoms with Crippen molar-refractivity contribution in [2.24, 2.45) is 0 Å². The van der Waals surface area contributed by atoms with Crippen LogP contribution in [0.25, 0.3) is 46.4 Å². The van der Waals surface area contributed by atoms with Crippen LogP contribution in [0.15, 0.2) is 72.8 Å². The number of anilines is 1. The fraction of sp³-hybridized carbons (Fsp3) is 0.368. The van der Waals surface area contributed by atoms with Gasteiger partial charge in [0.2, 0.25) is 0 Å². The van der Waals surface area contributed by atoms with Crippen molar-refractivity contribution in [2.45, 2.75) is 148 Å². The molecule has 9 rings (SSSR count). The van der Waals surface area contributed by atoms with Crippen LogP contribution in [0.5, 0.6) is 0 Å². The van der Waals surface area contributed by atoms with Crippen molar-refractivity contribution in [1.82, 2.24) is 19.9 Å². The Morgan fingerprint density at radius 1 is 0.566 bits per heavy atom. The molecule has 5 aromatic rings. The van der Waals surface area contributed by atoms with Gasteiger partial charge in [-0.1, -0.05) is 145 Å². The largest absolute Gasteiger partial charge is 2.00 e. The second-order valence-electron chi connectivity index (χ2n) is 19.9. The number of aromatic nitrogens is 4. The number of carboxylic acid groups (broad SMARTS) is 1. The van der Waals surface area contributed by atoms with E-state index in [2.05, 4.69) is 145 Å². The van der Waals surface area contributed by atoms with Gasteiger partial charge in [-0.2, -0.15) is 0 Å². The van der Waals surface area contributed by atoms with Gasteiger partial charge in [-0.05, 0) is 165 Å². The molecule has 2 aliphatic heterocycles. The molecule has 0 spiro atoms. The Balaban J connectivity index is 0.000000983. The minimum absolute atomic E-state index is 0. The third-order valence-electron chi connectivity index (χ3n) is 14.6. The Morgan fingerprint density at radius 3 is 1.45 bits per heavy atom. The molecule has 76 heavy (non-hydrogen) atoms. The van der Waals surface area contributed by atoms with Gasteiger partial charge in [-0.25, -0.2) is 14.8 Å². The average molecular weight is 1050 g/mol. The third kappa shape index (κ3) is 15.0. The molecule has 1 N–H and O–H groups in total. The van der Waals surface area contributed by atoms with Gasteiger partial charge in [-0.3, -0.25) is 0 Å². The molecule has 2 aromatic carbocycles. The molecule has 7 nitrogen and oxygen atoms in total. The molecule has 2 aliphatic carbocycles. The first-order valence-corrected chi connectivity index (χ1v) is 27.5. The van der Waals surface area contributed by atoms with Crippen LogP contribution in [-0.2, 0) is 19.5 Å². The topological polar surface area (TPSA) is 94.5 Å². The fourth-order valence-corrected chi connectivity index (χ4v) is 10.7. The van der Waals surface area contributed by atoms with E-state index < -0.39 is 5.97 Å². The van der Waals surface area contributed by atoms with Crippen LogP contribution in [0.1, 0.15) is 215 Å². The number of terminal acetylenes is 1. The Morgan fingerprint density at radius 2 is 1.01 bits per heavy atom. The van der Waals surface area contributed by atoms with Crippen LogP contribution in [0, 0.1) is 59.7 Å². The van der Waals surface area contributed by atoms with E-state index in [1.807, 2.05) is 0 Å². The molecule has 5 heterocycles. The van der Waals surface area contributed by atoms with Crippen molar-refractivity contribution in [3.8, 4) is 59.7 Å². The summed E-state index contributed by atoms with van der Waals surface area (Å²) in [5, 5.41) is 9.51. The van der Waals surface area contributed by atoms with E-state index in [4.69, 9.17) is 26.4 Å². The van der Waals surface area contributed by atoms with Crippen molar-refractivity contribution in [3.63, 3.8) is 0 Å². The standard InChI is InChI=1S/C61H66N5O2.C7H4.Zn/c1-3-5-7-15-41-66(42-16-8-6-4-2)48-29-23-44(24-30-48)26-32-50-53-35-39-57(64-53)59(45-17-11-9-12-18-45)55-37-33-51(62-55)49(31-25-43-21-27-47(28-22-43)61(67)68)52-34-38-56(63-52)60(46-19-13-10-14-20-46)58-40-36-54(50)65-58;1-3-5-7-6-4-2;/h21-24,27-30,33-40,45-46H,3-20,41-42H2,1-2H3,(H2-,62,63,64,65,67,68);1H,2H3;/q-1;;+2/p-1. The molecule has 8 bridgehead atoms. The summed E-state index contributed by atoms with van der Waals surface area (Å²) in [6.07, 6.45) is 34.9. The maximum atomic E-state index is 11.6. The van der Waals surface area contributed by atoms with Crippen LogP contribution in [-0.4, -0.2) is 34.1 Å². The zero-order valence-corrected chi connectivity index (χ0v) is 47.9. The van der Waals surface area contributed by atoms with Gasteiger partial charge < -0.3 is 20.0 Å². The number of fused-ring (bicyclic) bond motifs is 8. The van der Waals surface area contributed by atoms with E-state index in [0.29, 0.717) is 11.8 Å². The summed E-state index contributed by atoms with van der Waals surface area (Å²) in [6, 6.07) is 24.1. The van der Waals surface area contributed by atoms with E-state index in [1.54, 1.807) is 31.2 Å². The Hall–Kier alpha value is -7.27. The van der Waals surface area contributed by atoms with Crippen LogP contribution in [0.2, 0.25) is 0 Å².